The third-order valence-corrected chi connectivity index (χ3v) is 2.65. The van der Waals surface area contributed by atoms with Crippen molar-refractivity contribution in [1.29, 1.82) is 0 Å². The molecule has 0 N–H and O–H groups in total. The van der Waals surface area contributed by atoms with Crippen LogP contribution in [-0.2, 0) is 4.74 Å². The molecule has 1 aromatic rings. The van der Waals surface area contributed by atoms with Crippen LogP contribution in [0.4, 0.5) is 0 Å². The van der Waals surface area contributed by atoms with Gasteiger partial charge in [-0.2, -0.15) is 0 Å². The van der Waals surface area contributed by atoms with Crippen LogP contribution in [0.15, 0.2) is 36.9 Å². The number of benzene rings is 1. The molecule has 1 heteroatoms. The highest BCUT2D eigenvalue weighted by molar-refractivity contribution is 5.23. The molecule has 1 aromatic carbocycles. The highest BCUT2D eigenvalue weighted by Crippen LogP contribution is 2.22. The molecular weight excluding hydrogens is 196 g/mol. The Kier molecular flexibility index (Phi) is 5.87. The van der Waals surface area contributed by atoms with Gasteiger partial charge in [0, 0.05) is 6.61 Å². The lowest BCUT2D eigenvalue weighted by atomic mass is 10.0. The Balaban J connectivity index is 2.61. The molecule has 0 spiro atoms. The highest BCUT2D eigenvalue weighted by Gasteiger charge is 2.09. The summed E-state index contributed by atoms with van der Waals surface area (Å²) >= 11 is 0. The molecule has 1 rings (SSSR count). The van der Waals surface area contributed by atoms with E-state index < -0.39 is 0 Å². The first-order valence-corrected chi connectivity index (χ1v) is 6.07. The lowest BCUT2D eigenvalue weighted by Crippen LogP contribution is -2.04. The Morgan fingerprint density at radius 2 is 2.00 bits per heavy atom. The molecule has 0 amide bonds. The van der Waals surface area contributed by atoms with Gasteiger partial charge in [0.2, 0.25) is 0 Å². The van der Waals surface area contributed by atoms with Crippen molar-refractivity contribution in [3.05, 3.63) is 48.0 Å². The second-order valence-electron chi connectivity index (χ2n) is 4.15. The predicted molar refractivity (Wildman–Crippen MR) is 69.6 cm³/mol. The first-order valence-electron chi connectivity index (χ1n) is 6.07. The fraction of sp³-hybridized carbons (Fsp3) is 0.467. The van der Waals surface area contributed by atoms with Crippen LogP contribution in [0, 0.1) is 6.92 Å². The summed E-state index contributed by atoms with van der Waals surface area (Å²) < 4.78 is 5.88. The molecule has 0 aliphatic heterocycles. The van der Waals surface area contributed by atoms with E-state index in [0.717, 1.165) is 19.4 Å². The number of hydrogen-bond acceptors (Lipinski definition) is 1. The Hall–Kier alpha value is -1.08. The molecule has 0 saturated carbocycles. The maximum Gasteiger partial charge on any atom is 0.0859 e. The zero-order chi connectivity index (χ0) is 11.8. The maximum atomic E-state index is 5.88. The molecule has 1 unspecified atom stereocenters. The minimum absolute atomic E-state index is 0.171. The van der Waals surface area contributed by atoms with Crippen molar-refractivity contribution in [2.24, 2.45) is 0 Å². The van der Waals surface area contributed by atoms with Crippen LogP contribution >= 0.6 is 0 Å². The number of ether oxygens (including phenoxy) is 1. The van der Waals surface area contributed by atoms with E-state index in [4.69, 9.17) is 4.74 Å². The summed E-state index contributed by atoms with van der Waals surface area (Å²) in [5, 5.41) is 0. The molecule has 0 radical (unpaired) electrons. The van der Waals surface area contributed by atoms with E-state index in [1.165, 1.54) is 17.5 Å². The second-order valence-corrected chi connectivity index (χ2v) is 4.15. The highest BCUT2D eigenvalue weighted by atomic mass is 16.5. The van der Waals surface area contributed by atoms with Gasteiger partial charge in [-0.15, -0.1) is 6.58 Å². The largest absolute Gasteiger partial charge is 0.373 e. The standard InChI is InChI=1S/C15H22O/c1-4-6-12-16-15(7-5-2)14-10-8-13(3)9-11-14/h5,8-11,15H,2,4,6-7,12H2,1,3H3. The van der Waals surface area contributed by atoms with E-state index in [2.05, 4.69) is 44.7 Å². The summed E-state index contributed by atoms with van der Waals surface area (Å²) in [6.45, 7) is 8.91. The second kappa shape index (κ2) is 7.24. The lowest BCUT2D eigenvalue weighted by Gasteiger charge is -2.16. The van der Waals surface area contributed by atoms with Gasteiger partial charge in [-0.25, -0.2) is 0 Å². The van der Waals surface area contributed by atoms with E-state index in [0.29, 0.717) is 0 Å². The summed E-state index contributed by atoms with van der Waals surface area (Å²) in [5.74, 6) is 0. The summed E-state index contributed by atoms with van der Waals surface area (Å²) in [6, 6.07) is 8.56. The summed E-state index contributed by atoms with van der Waals surface area (Å²) in [7, 11) is 0. The van der Waals surface area contributed by atoms with Crippen molar-refractivity contribution in [3.8, 4) is 0 Å². The average molecular weight is 218 g/mol. The Morgan fingerprint density at radius 3 is 2.56 bits per heavy atom. The predicted octanol–water partition coefficient (Wildman–Crippen LogP) is 4.43. The van der Waals surface area contributed by atoms with Crippen molar-refractivity contribution in [2.75, 3.05) is 6.61 Å². The van der Waals surface area contributed by atoms with Crippen LogP contribution in [0.2, 0.25) is 0 Å². The van der Waals surface area contributed by atoms with Crippen LogP contribution in [0.3, 0.4) is 0 Å². The molecule has 0 aromatic heterocycles. The van der Waals surface area contributed by atoms with Gasteiger partial charge in [-0.1, -0.05) is 49.2 Å². The van der Waals surface area contributed by atoms with Crippen LogP contribution in [-0.4, -0.2) is 6.61 Å². The van der Waals surface area contributed by atoms with Gasteiger partial charge in [0.1, 0.15) is 0 Å². The minimum atomic E-state index is 0.171. The van der Waals surface area contributed by atoms with E-state index in [-0.39, 0.29) is 6.10 Å². The smallest absolute Gasteiger partial charge is 0.0859 e. The van der Waals surface area contributed by atoms with Gasteiger partial charge in [-0.3, -0.25) is 0 Å². The van der Waals surface area contributed by atoms with Crippen molar-refractivity contribution >= 4 is 0 Å². The summed E-state index contributed by atoms with van der Waals surface area (Å²) in [5.41, 5.74) is 2.54. The van der Waals surface area contributed by atoms with Crippen LogP contribution in [0.5, 0.6) is 0 Å². The molecule has 0 bridgehead atoms. The Morgan fingerprint density at radius 1 is 1.31 bits per heavy atom. The van der Waals surface area contributed by atoms with Gasteiger partial charge in [-0.05, 0) is 25.3 Å². The number of aryl methyl sites for hydroxylation is 1. The lowest BCUT2D eigenvalue weighted by molar-refractivity contribution is 0.0528. The van der Waals surface area contributed by atoms with E-state index in [1.54, 1.807) is 0 Å². The summed E-state index contributed by atoms with van der Waals surface area (Å²) in [6.07, 6.45) is 5.28. The molecule has 16 heavy (non-hydrogen) atoms. The number of rotatable bonds is 7. The van der Waals surface area contributed by atoms with Crippen LogP contribution in [0.1, 0.15) is 43.4 Å². The molecule has 0 saturated heterocycles. The first kappa shape index (κ1) is 13.0. The third-order valence-electron chi connectivity index (χ3n) is 2.65. The monoisotopic (exact) mass is 218 g/mol. The Bertz CT molecular complexity index is 300. The maximum absolute atomic E-state index is 5.88. The quantitative estimate of drug-likeness (QED) is 0.486. The molecular formula is C15H22O. The first-order chi connectivity index (χ1) is 7.77. The van der Waals surface area contributed by atoms with Crippen molar-refractivity contribution < 1.29 is 4.74 Å². The van der Waals surface area contributed by atoms with E-state index in [1.807, 2.05) is 6.08 Å². The number of hydrogen-bond donors (Lipinski definition) is 0. The normalized spacial score (nSPS) is 12.4. The molecule has 0 aliphatic carbocycles. The van der Waals surface area contributed by atoms with E-state index in [9.17, 15) is 0 Å². The van der Waals surface area contributed by atoms with Crippen molar-refractivity contribution in [1.82, 2.24) is 0 Å². The molecule has 88 valence electrons. The number of unbranched alkanes of at least 4 members (excludes halogenated alkanes) is 1. The van der Waals surface area contributed by atoms with Crippen LogP contribution in [0.25, 0.3) is 0 Å². The molecule has 1 atom stereocenters. The van der Waals surface area contributed by atoms with Gasteiger partial charge >= 0.3 is 0 Å². The molecule has 0 heterocycles. The van der Waals surface area contributed by atoms with Gasteiger partial charge in [0.05, 0.1) is 6.10 Å². The minimum Gasteiger partial charge on any atom is -0.373 e. The van der Waals surface area contributed by atoms with Crippen molar-refractivity contribution in [2.45, 2.75) is 39.2 Å². The topological polar surface area (TPSA) is 9.23 Å². The van der Waals surface area contributed by atoms with Gasteiger partial charge in [0.25, 0.3) is 0 Å². The fourth-order valence-corrected chi connectivity index (χ4v) is 1.60. The molecule has 1 nitrogen and oxygen atoms in total. The van der Waals surface area contributed by atoms with Gasteiger partial charge < -0.3 is 4.74 Å². The van der Waals surface area contributed by atoms with E-state index >= 15 is 0 Å². The van der Waals surface area contributed by atoms with Crippen molar-refractivity contribution in [3.63, 3.8) is 0 Å². The SMILES string of the molecule is C=CCC(OCCCC)c1ccc(C)cc1. The third kappa shape index (κ3) is 4.19. The van der Waals surface area contributed by atoms with Crippen LogP contribution < -0.4 is 0 Å². The van der Waals surface area contributed by atoms with Gasteiger partial charge in [0.15, 0.2) is 0 Å². The fourth-order valence-electron chi connectivity index (χ4n) is 1.60. The molecule has 0 aliphatic rings. The zero-order valence-corrected chi connectivity index (χ0v) is 10.4. The average Bonchev–Trinajstić information content (AvgIpc) is 2.29. The molecule has 0 fully saturated rings. The Labute approximate surface area is 99.1 Å². The zero-order valence-electron chi connectivity index (χ0n) is 10.4. The summed E-state index contributed by atoms with van der Waals surface area (Å²) in [4.78, 5) is 0.